The Bertz CT molecular complexity index is 736. The number of nitrogens with one attached hydrogen (secondary N) is 1. The lowest BCUT2D eigenvalue weighted by molar-refractivity contribution is -0.0764. The van der Waals surface area contributed by atoms with E-state index in [4.69, 9.17) is 14.2 Å². The van der Waals surface area contributed by atoms with Gasteiger partial charge in [0.25, 0.3) is 0 Å². The Morgan fingerprint density at radius 1 is 0.562 bits per heavy atom. The molecule has 0 fully saturated rings. The second kappa shape index (κ2) is 26.9. The predicted octanol–water partition coefficient (Wildman–Crippen LogP) is 13.9. The largest absolute Gasteiger partial charge is 0.446 e. The number of carbonyl (C=O) groups is 1. The van der Waals surface area contributed by atoms with Gasteiger partial charge in [-0.2, -0.15) is 0 Å². The molecule has 1 N–H and O–H groups in total. The Morgan fingerprint density at radius 2 is 0.958 bits per heavy atom. The van der Waals surface area contributed by atoms with E-state index >= 15 is 0 Å². The van der Waals surface area contributed by atoms with Crippen LogP contribution in [0.4, 0.5) is 4.79 Å². The maximum atomic E-state index is 13.3. The number of alkyl carbamates (subject to hydrolysis) is 1. The number of amides is 1. The lowest BCUT2D eigenvalue weighted by Gasteiger charge is -2.40. The van der Waals surface area contributed by atoms with E-state index in [1.54, 1.807) is 7.11 Å². The van der Waals surface area contributed by atoms with Gasteiger partial charge in [-0.05, 0) is 91.9 Å². The first-order valence-electron chi connectivity index (χ1n) is 20.7. The Kier molecular flexibility index (Phi) is 26.5. The quantitative estimate of drug-likeness (QED) is 0.0700. The highest BCUT2D eigenvalue weighted by molar-refractivity contribution is 5.68. The number of carbonyl (C=O) groups excluding carboxylic acids is 1. The van der Waals surface area contributed by atoms with Crippen LogP contribution in [0.2, 0.25) is 0 Å². The van der Waals surface area contributed by atoms with Gasteiger partial charge < -0.3 is 19.5 Å². The molecule has 5 heteroatoms. The van der Waals surface area contributed by atoms with Crippen molar-refractivity contribution in [2.24, 2.45) is 5.41 Å². The van der Waals surface area contributed by atoms with Crippen molar-refractivity contribution in [1.29, 1.82) is 0 Å². The fourth-order valence-electron chi connectivity index (χ4n) is 7.62. The van der Waals surface area contributed by atoms with Gasteiger partial charge >= 0.3 is 6.09 Å². The Labute approximate surface area is 301 Å². The molecule has 0 aliphatic carbocycles. The number of unbranched alkanes of at least 4 members (excludes halogenated alkanes) is 18. The zero-order chi connectivity index (χ0) is 36.4. The number of ether oxygens (including phenoxy) is 3. The molecule has 0 unspecified atom stereocenters. The van der Waals surface area contributed by atoms with Crippen molar-refractivity contribution in [2.45, 2.75) is 253 Å². The maximum Gasteiger partial charge on any atom is 0.407 e. The first kappa shape index (κ1) is 47.2. The monoisotopic (exact) mass is 682 g/mol. The normalized spacial score (nSPS) is 13.0. The van der Waals surface area contributed by atoms with E-state index in [0.717, 1.165) is 44.9 Å². The lowest BCUT2D eigenvalue weighted by atomic mass is 9.73. The van der Waals surface area contributed by atoms with Crippen LogP contribution in [-0.4, -0.2) is 42.7 Å². The van der Waals surface area contributed by atoms with Crippen LogP contribution < -0.4 is 5.32 Å². The van der Waals surface area contributed by atoms with E-state index in [2.05, 4.69) is 74.6 Å². The fraction of sp³-hybridized carbons (Fsp3) is 0.977. The lowest BCUT2D eigenvalue weighted by Crippen LogP contribution is -2.48. The van der Waals surface area contributed by atoms with Crippen LogP contribution >= 0.6 is 0 Å². The van der Waals surface area contributed by atoms with Gasteiger partial charge in [0.2, 0.25) is 0 Å². The molecule has 0 aliphatic rings. The second-order valence-electron chi connectivity index (χ2n) is 17.8. The van der Waals surface area contributed by atoms with Gasteiger partial charge in [0.1, 0.15) is 6.10 Å². The summed E-state index contributed by atoms with van der Waals surface area (Å²) < 4.78 is 18.1. The van der Waals surface area contributed by atoms with E-state index in [1.807, 2.05) is 0 Å². The number of hydrogen-bond acceptors (Lipinski definition) is 4. The third kappa shape index (κ3) is 29.0. The predicted molar refractivity (Wildman–Crippen MR) is 209 cm³/mol. The number of hydrogen-bond donors (Lipinski definition) is 1. The smallest absolute Gasteiger partial charge is 0.407 e. The highest BCUT2D eigenvalue weighted by Crippen LogP contribution is 2.37. The molecule has 0 spiro atoms. The topological polar surface area (TPSA) is 56.8 Å². The SMILES string of the molecule is CCCCCCCCCCCCC(CCCCCCCCCCCC)OC(=O)NC(C)(C)CC(C)(C)CC(C)(C)OCCC(C)(C)OC. The molecule has 0 saturated carbocycles. The van der Waals surface area contributed by atoms with E-state index in [0.29, 0.717) is 6.61 Å². The molecule has 0 aliphatic heterocycles. The molecular formula is C43H87NO4. The molecule has 0 heterocycles. The summed E-state index contributed by atoms with van der Waals surface area (Å²) in [6, 6.07) is 0. The average molecular weight is 682 g/mol. The second-order valence-corrected chi connectivity index (χ2v) is 17.8. The van der Waals surface area contributed by atoms with Crippen LogP contribution in [0.15, 0.2) is 0 Å². The first-order chi connectivity index (χ1) is 22.6. The highest BCUT2D eigenvalue weighted by atomic mass is 16.6. The fourth-order valence-corrected chi connectivity index (χ4v) is 7.62. The summed E-state index contributed by atoms with van der Waals surface area (Å²) in [6.45, 7) is 22.6. The standard InChI is InChI=1S/C43H87NO4/c1-12-14-16-18-20-22-24-26-28-30-32-38(33-31-29-27-25-23-21-19-17-15-13-2)48-39(45)44-41(5,6)36-40(3,4)37-43(9,10)47-35-34-42(7,8)46-11/h38H,12-37H2,1-11H3,(H,44,45). The van der Waals surface area contributed by atoms with Gasteiger partial charge in [-0.1, -0.05) is 143 Å². The zero-order valence-electron chi connectivity index (χ0n) is 34.6. The minimum absolute atomic E-state index is 0.0144. The summed E-state index contributed by atoms with van der Waals surface area (Å²) in [5.74, 6) is 0. The summed E-state index contributed by atoms with van der Waals surface area (Å²) in [5.41, 5.74) is -0.855. The van der Waals surface area contributed by atoms with E-state index in [1.165, 1.54) is 116 Å². The van der Waals surface area contributed by atoms with Crippen molar-refractivity contribution in [1.82, 2.24) is 5.32 Å². The molecule has 0 radical (unpaired) electrons. The summed E-state index contributed by atoms with van der Waals surface area (Å²) in [7, 11) is 1.76. The minimum Gasteiger partial charge on any atom is -0.446 e. The van der Waals surface area contributed by atoms with Crippen molar-refractivity contribution in [3.8, 4) is 0 Å². The molecule has 0 aromatic rings. The van der Waals surface area contributed by atoms with Crippen molar-refractivity contribution in [2.75, 3.05) is 13.7 Å². The van der Waals surface area contributed by atoms with E-state index in [-0.39, 0.29) is 34.4 Å². The van der Waals surface area contributed by atoms with Gasteiger partial charge in [-0.15, -0.1) is 0 Å². The van der Waals surface area contributed by atoms with Crippen molar-refractivity contribution < 1.29 is 19.0 Å². The number of methoxy groups -OCH3 is 1. The molecule has 288 valence electrons. The molecular weight excluding hydrogens is 594 g/mol. The van der Waals surface area contributed by atoms with Crippen molar-refractivity contribution in [3.05, 3.63) is 0 Å². The molecule has 0 aromatic carbocycles. The van der Waals surface area contributed by atoms with Crippen LogP contribution in [0.25, 0.3) is 0 Å². The summed E-state index contributed by atoms with van der Waals surface area (Å²) in [5, 5.41) is 3.26. The highest BCUT2D eigenvalue weighted by Gasteiger charge is 2.36. The van der Waals surface area contributed by atoms with Crippen LogP contribution in [0.1, 0.15) is 230 Å². The van der Waals surface area contributed by atoms with E-state index in [9.17, 15) is 4.79 Å². The molecule has 0 bridgehead atoms. The van der Waals surface area contributed by atoms with Gasteiger partial charge in [0, 0.05) is 12.6 Å². The minimum atomic E-state index is -0.381. The van der Waals surface area contributed by atoms with Gasteiger partial charge in [0.15, 0.2) is 0 Å². The zero-order valence-corrected chi connectivity index (χ0v) is 34.6. The Hall–Kier alpha value is -0.810. The number of rotatable bonds is 33. The van der Waals surface area contributed by atoms with Crippen LogP contribution in [0.3, 0.4) is 0 Å². The summed E-state index contributed by atoms with van der Waals surface area (Å²) in [6.07, 6.45) is 30.9. The molecule has 0 atom stereocenters. The Balaban J connectivity index is 4.83. The molecule has 0 aromatic heterocycles. The molecule has 1 amide bonds. The first-order valence-corrected chi connectivity index (χ1v) is 20.7. The molecule has 48 heavy (non-hydrogen) atoms. The van der Waals surface area contributed by atoms with Crippen molar-refractivity contribution in [3.63, 3.8) is 0 Å². The van der Waals surface area contributed by atoms with E-state index < -0.39 is 0 Å². The van der Waals surface area contributed by atoms with Crippen molar-refractivity contribution >= 4 is 6.09 Å². The van der Waals surface area contributed by atoms with Gasteiger partial charge in [-0.25, -0.2) is 4.79 Å². The van der Waals surface area contributed by atoms with Crippen LogP contribution in [0, 0.1) is 5.41 Å². The van der Waals surface area contributed by atoms with Crippen LogP contribution in [-0.2, 0) is 14.2 Å². The Morgan fingerprint density at radius 3 is 1.35 bits per heavy atom. The maximum absolute atomic E-state index is 13.3. The summed E-state index contributed by atoms with van der Waals surface area (Å²) in [4.78, 5) is 13.3. The third-order valence-corrected chi connectivity index (χ3v) is 10.0. The van der Waals surface area contributed by atoms with Crippen LogP contribution in [0.5, 0.6) is 0 Å². The van der Waals surface area contributed by atoms with Gasteiger partial charge in [0.05, 0.1) is 17.8 Å². The molecule has 0 saturated heterocycles. The average Bonchev–Trinajstić information content (AvgIpc) is 2.97. The van der Waals surface area contributed by atoms with Gasteiger partial charge in [-0.3, -0.25) is 0 Å². The third-order valence-electron chi connectivity index (χ3n) is 10.0. The molecule has 0 rings (SSSR count). The summed E-state index contributed by atoms with van der Waals surface area (Å²) >= 11 is 0. The molecule has 5 nitrogen and oxygen atoms in total.